The van der Waals surface area contributed by atoms with Gasteiger partial charge < -0.3 is 10.2 Å². The van der Waals surface area contributed by atoms with E-state index in [1.807, 2.05) is 0 Å². The number of hydrogen-bond acceptors (Lipinski definition) is 4. The van der Waals surface area contributed by atoms with Crippen LogP contribution in [0.15, 0.2) is 34.8 Å². The van der Waals surface area contributed by atoms with E-state index in [0.29, 0.717) is 5.56 Å². The third-order valence-electron chi connectivity index (χ3n) is 2.09. The van der Waals surface area contributed by atoms with Crippen LogP contribution in [-0.2, 0) is 4.79 Å². The Morgan fingerprint density at radius 2 is 2.24 bits per heavy atom. The fraction of sp³-hybridized carbons (Fsp3) is 0.182. The minimum atomic E-state index is -0.921. The van der Waals surface area contributed by atoms with Crippen molar-refractivity contribution in [3.8, 4) is 5.75 Å². The summed E-state index contributed by atoms with van der Waals surface area (Å²) in [5, 5.41) is 27.6. The van der Waals surface area contributed by atoms with Gasteiger partial charge in [-0.25, -0.2) is 5.48 Å². The zero-order valence-corrected chi connectivity index (χ0v) is 10.4. The number of aromatic hydroxyl groups is 1. The molecule has 92 valence electrons. The molecule has 1 amide bonds. The lowest BCUT2D eigenvalue weighted by Crippen LogP contribution is -2.15. The van der Waals surface area contributed by atoms with Crippen molar-refractivity contribution in [2.24, 2.45) is 0 Å². The van der Waals surface area contributed by atoms with E-state index in [9.17, 15) is 15.0 Å². The summed E-state index contributed by atoms with van der Waals surface area (Å²) in [4.78, 5) is 10.7. The molecule has 0 fully saturated rings. The molecule has 0 aliphatic rings. The van der Waals surface area contributed by atoms with Crippen LogP contribution < -0.4 is 5.48 Å². The SMILES string of the molecule is O=C(/C=C/C[C@H](O)c1cc(Br)ccc1O)NO. The van der Waals surface area contributed by atoms with Gasteiger partial charge in [-0.2, -0.15) is 0 Å². The van der Waals surface area contributed by atoms with Crippen LogP contribution in [0.1, 0.15) is 18.1 Å². The molecule has 1 atom stereocenters. The summed E-state index contributed by atoms with van der Waals surface area (Å²) in [5.41, 5.74) is 1.80. The lowest BCUT2D eigenvalue weighted by atomic mass is 10.1. The first-order chi connectivity index (χ1) is 8.04. The highest BCUT2D eigenvalue weighted by Gasteiger charge is 2.11. The Bertz CT molecular complexity index is 433. The fourth-order valence-corrected chi connectivity index (χ4v) is 1.64. The van der Waals surface area contributed by atoms with Gasteiger partial charge in [0.2, 0.25) is 0 Å². The first-order valence-electron chi connectivity index (χ1n) is 4.81. The molecule has 1 aromatic rings. The van der Waals surface area contributed by atoms with Crippen LogP contribution in [-0.4, -0.2) is 21.3 Å². The van der Waals surface area contributed by atoms with Crippen LogP contribution in [0.5, 0.6) is 5.75 Å². The quantitative estimate of drug-likeness (QED) is 0.387. The highest BCUT2D eigenvalue weighted by atomic mass is 79.9. The van der Waals surface area contributed by atoms with Crippen molar-refractivity contribution in [3.63, 3.8) is 0 Å². The molecule has 6 heteroatoms. The lowest BCUT2D eigenvalue weighted by Gasteiger charge is -2.10. The number of hydrogen-bond donors (Lipinski definition) is 4. The molecule has 0 aromatic heterocycles. The van der Waals surface area contributed by atoms with Crippen molar-refractivity contribution < 1.29 is 20.2 Å². The number of benzene rings is 1. The normalized spacial score (nSPS) is 12.6. The van der Waals surface area contributed by atoms with E-state index in [4.69, 9.17) is 5.21 Å². The van der Waals surface area contributed by atoms with Gasteiger partial charge in [-0.05, 0) is 24.6 Å². The molecule has 4 N–H and O–H groups in total. The summed E-state index contributed by atoms with van der Waals surface area (Å²) in [6.07, 6.45) is 1.72. The number of phenols is 1. The standard InChI is InChI=1S/C11H12BrNO4/c12-7-4-5-10(15)8(6-7)9(14)2-1-3-11(16)13-17/h1,3-6,9,14-15,17H,2H2,(H,13,16)/b3-1+/t9-/m0/s1. The van der Waals surface area contributed by atoms with Crippen molar-refractivity contribution in [1.82, 2.24) is 5.48 Å². The second-order valence-electron chi connectivity index (χ2n) is 3.33. The van der Waals surface area contributed by atoms with Crippen molar-refractivity contribution in [3.05, 3.63) is 40.4 Å². The molecule has 0 heterocycles. The molecule has 0 saturated carbocycles. The zero-order valence-electron chi connectivity index (χ0n) is 8.80. The molecule has 0 spiro atoms. The van der Waals surface area contributed by atoms with Crippen molar-refractivity contribution in [2.45, 2.75) is 12.5 Å². The molecule has 0 aliphatic heterocycles. The molecule has 17 heavy (non-hydrogen) atoms. The summed E-state index contributed by atoms with van der Waals surface area (Å²) in [5.74, 6) is -0.684. The fourth-order valence-electron chi connectivity index (χ4n) is 1.26. The molecule has 1 aromatic carbocycles. The highest BCUT2D eigenvalue weighted by molar-refractivity contribution is 9.10. The topological polar surface area (TPSA) is 89.8 Å². The molecule has 0 radical (unpaired) electrons. The molecular formula is C11H12BrNO4. The lowest BCUT2D eigenvalue weighted by molar-refractivity contribution is -0.124. The number of aliphatic hydroxyl groups excluding tert-OH is 1. The van der Waals surface area contributed by atoms with Gasteiger partial charge >= 0.3 is 0 Å². The third kappa shape index (κ3) is 4.18. The zero-order chi connectivity index (χ0) is 12.8. The van der Waals surface area contributed by atoms with Crippen LogP contribution in [0.3, 0.4) is 0 Å². The summed E-state index contributed by atoms with van der Waals surface area (Å²) in [7, 11) is 0. The van der Waals surface area contributed by atoms with Gasteiger partial charge in [-0.3, -0.25) is 10.0 Å². The number of carbonyl (C=O) groups excluding carboxylic acids is 1. The predicted molar refractivity (Wildman–Crippen MR) is 64.5 cm³/mol. The van der Waals surface area contributed by atoms with Crippen molar-refractivity contribution in [2.75, 3.05) is 0 Å². The number of halogens is 1. The number of nitrogens with one attached hydrogen (secondary N) is 1. The summed E-state index contributed by atoms with van der Waals surface area (Å²) >= 11 is 3.23. The maximum atomic E-state index is 10.7. The minimum absolute atomic E-state index is 0.0132. The average molecular weight is 302 g/mol. The van der Waals surface area contributed by atoms with Crippen LogP contribution in [0, 0.1) is 0 Å². The van der Waals surface area contributed by atoms with Gasteiger partial charge in [-0.15, -0.1) is 0 Å². The largest absolute Gasteiger partial charge is 0.508 e. The van der Waals surface area contributed by atoms with Crippen LogP contribution in [0.4, 0.5) is 0 Å². The van der Waals surface area contributed by atoms with E-state index in [0.717, 1.165) is 10.5 Å². The first kappa shape index (κ1) is 13.7. The van der Waals surface area contributed by atoms with Gasteiger partial charge in [-0.1, -0.05) is 22.0 Å². The van der Waals surface area contributed by atoms with Crippen LogP contribution in [0.2, 0.25) is 0 Å². The average Bonchev–Trinajstić information content (AvgIpc) is 2.31. The van der Waals surface area contributed by atoms with Gasteiger partial charge in [0, 0.05) is 16.1 Å². The second-order valence-corrected chi connectivity index (χ2v) is 4.25. The van der Waals surface area contributed by atoms with Crippen molar-refractivity contribution >= 4 is 21.8 Å². The Morgan fingerprint density at radius 1 is 1.53 bits per heavy atom. The highest BCUT2D eigenvalue weighted by Crippen LogP contribution is 2.29. The van der Waals surface area contributed by atoms with Crippen molar-refractivity contribution in [1.29, 1.82) is 0 Å². The minimum Gasteiger partial charge on any atom is -0.508 e. The number of amides is 1. The molecule has 0 bridgehead atoms. The molecular weight excluding hydrogens is 290 g/mol. The molecule has 5 nitrogen and oxygen atoms in total. The summed E-state index contributed by atoms with van der Waals surface area (Å²) < 4.78 is 0.737. The number of hydroxylamine groups is 1. The number of phenolic OH excluding ortho intramolecular Hbond substituents is 1. The van der Waals surface area contributed by atoms with Gasteiger partial charge in [0.05, 0.1) is 6.10 Å². The van der Waals surface area contributed by atoms with Gasteiger partial charge in [0.25, 0.3) is 5.91 Å². The Morgan fingerprint density at radius 3 is 2.88 bits per heavy atom. The van der Waals surface area contributed by atoms with E-state index < -0.39 is 12.0 Å². The van der Waals surface area contributed by atoms with Crippen LogP contribution >= 0.6 is 15.9 Å². The number of carbonyl (C=O) groups is 1. The monoisotopic (exact) mass is 301 g/mol. The van der Waals surface area contributed by atoms with E-state index in [1.165, 1.54) is 17.6 Å². The van der Waals surface area contributed by atoms with Crippen LogP contribution in [0.25, 0.3) is 0 Å². The number of aliphatic hydroxyl groups is 1. The summed E-state index contributed by atoms with van der Waals surface area (Å²) in [6.45, 7) is 0. The molecule has 0 unspecified atom stereocenters. The molecule has 0 aliphatic carbocycles. The van der Waals surface area contributed by atoms with E-state index in [-0.39, 0.29) is 12.2 Å². The third-order valence-corrected chi connectivity index (χ3v) is 2.58. The summed E-state index contributed by atoms with van der Waals surface area (Å²) in [6, 6.07) is 4.72. The molecule has 1 rings (SSSR count). The Labute approximate surface area is 106 Å². The second kappa shape index (κ2) is 6.39. The van der Waals surface area contributed by atoms with Gasteiger partial charge in [0.1, 0.15) is 5.75 Å². The van der Waals surface area contributed by atoms with E-state index in [1.54, 1.807) is 12.1 Å². The van der Waals surface area contributed by atoms with E-state index >= 15 is 0 Å². The molecule has 0 saturated heterocycles. The Hall–Kier alpha value is -1.37. The smallest absolute Gasteiger partial charge is 0.267 e. The predicted octanol–water partition coefficient (Wildman–Crippen LogP) is 1.64. The Kier molecular flexibility index (Phi) is 5.14. The number of rotatable bonds is 4. The van der Waals surface area contributed by atoms with Gasteiger partial charge in [0.15, 0.2) is 0 Å². The first-order valence-corrected chi connectivity index (χ1v) is 5.61. The Balaban J connectivity index is 2.69. The van der Waals surface area contributed by atoms with E-state index in [2.05, 4.69) is 15.9 Å². The maximum absolute atomic E-state index is 10.7. The maximum Gasteiger partial charge on any atom is 0.267 e.